The van der Waals surface area contributed by atoms with Crippen molar-refractivity contribution in [2.24, 2.45) is 23.2 Å². The Morgan fingerprint density at radius 3 is 2.48 bits per heavy atom. The van der Waals surface area contributed by atoms with Crippen LogP contribution >= 0.6 is 0 Å². The monoisotopic (exact) mass is 314 g/mol. The zero-order valence-corrected chi connectivity index (χ0v) is 12.8. The van der Waals surface area contributed by atoms with Gasteiger partial charge in [-0.1, -0.05) is 11.2 Å². The molecule has 4 aliphatic carbocycles. The van der Waals surface area contributed by atoms with Crippen LogP contribution in [0.3, 0.4) is 0 Å². The highest BCUT2D eigenvalue weighted by atomic mass is 19.1. The summed E-state index contributed by atoms with van der Waals surface area (Å²) in [5, 5.41) is 7.02. The second-order valence-electron chi connectivity index (χ2n) is 7.80. The quantitative estimate of drug-likeness (QED) is 0.907. The number of carbonyl (C=O) groups is 1. The molecule has 0 spiro atoms. The summed E-state index contributed by atoms with van der Waals surface area (Å²) in [5.74, 6) is 1.90. The van der Waals surface area contributed by atoms with E-state index in [1.54, 1.807) is 12.1 Å². The normalized spacial score (nSPS) is 34.9. The van der Waals surface area contributed by atoms with Crippen LogP contribution in [0.1, 0.15) is 38.5 Å². The largest absolute Gasteiger partial charge is 0.354 e. The number of halogens is 1. The van der Waals surface area contributed by atoms with Crippen LogP contribution in [-0.4, -0.2) is 11.1 Å². The Hall–Kier alpha value is -1.91. The highest BCUT2D eigenvalue weighted by Gasteiger charge is 2.54. The van der Waals surface area contributed by atoms with E-state index in [1.807, 2.05) is 0 Å². The first kappa shape index (κ1) is 13.5. The molecule has 4 aliphatic rings. The first-order valence-corrected chi connectivity index (χ1v) is 8.48. The molecule has 4 saturated carbocycles. The molecule has 2 aromatic rings. The number of nitrogens with zero attached hydrogens (tertiary/aromatic N) is 1. The summed E-state index contributed by atoms with van der Waals surface area (Å²) in [4.78, 5) is 13.0. The molecule has 6 rings (SSSR count). The standard InChI is InChI=1S/C18H19FN2O2/c19-13-2-1-3-14-15(13)16(21-23-14)20-17(22)18-7-10-4-11(8-18)6-12(5-10)9-18/h1-3,10-12H,4-9H2,(H,20,21,22). The SMILES string of the molecule is O=C(Nc1noc2cccc(F)c12)C12CC3CC(CC(C3)C1)C2. The van der Waals surface area contributed by atoms with Gasteiger partial charge in [-0.3, -0.25) is 4.79 Å². The minimum Gasteiger partial charge on any atom is -0.354 e. The maximum Gasteiger partial charge on any atom is 0.231 e. The summed E-state index contributed by atoms with van der Waals surface area (Å²) >= 11 is 0. The molecule has 0 atom stereocenters. The molecule has 4 bridgehead atoms. The van der Waals surface area contributed by atoms with Crippen molar-refractivity contribution in [1.29, 1.82) is 0 Å². The minimum atomic E-state index is -0.412. The smallest absolute Gasteiger partial charge is 0.231 e. The number of fused-ring (bicyclic) bond motifs is 1. The van der Waals surface area contributed by atoms with Crippen molar-refractivity contribution in [1.82, 2.24) is 5.16 Å². The van der Waals surface area contributed by atoms with Gasteiger partial charge in [0.1, 0.15) is 11.2 Å². The topological polar surface area (TPSA) is 55.1 Å². The van der Waals surface area contributed by atoms with E-state index in [0.717, 1.165) is 19.3 Å². The molecule has 4 fully saturated rings. The fraction of sp³-hybridized carbons (Fsp3) is 0.556. The molecule has 1 N–H and O–H groups in total. The van der Waals surface area contributed by atoms with Crippen molar-refractivity contribution < 1.29 is 13.7 Å². The zero-order chi connectivity index (χ0) is 15.6. The molecular weight excluding hydrogens is 295 g/mol. The average molecular weight is 314 g/mol. The number of hydrogen-bond acceptors (Lipinski definition) is 3. The van der Waals surface area contributed by atoms with Gasteiger partial charge in [0.15, 0.2) is 11.4 Å². The van der Waals surface area contributed by atoms with Crippen LogP contribution in [0.5, 0.6) is 0 Å². The van der Waals surface area contributed by atoms with E-state index in [1.165, 1.54) is 25.3 Å². The summed E-state index contributed by atoms with van der Waals surface area (Å²) in [6.45, 7) is 0. The van der Waals surface area contributed by atoms with E-state index >= 15 is 0 Å². The van der Waals surface area contributed by atoms with Crippen molar-refractivity contribution in [2.75, 3.05) is 5.32 Å². The molecule has 0 unspecified atom stereocenters. The maximum atomic E-state index is 14.0. The van der Waals surface area contributed by atoms with E-state index in [-0.39, 0.29) is 22.5 Å². The molecule has 1 aromatic carbocycles. The molecule has 4 nitrogen and oxygen atoms in total. The maximum absolute atomic E-state index is 14.0. The summed E-state index contributed by atoms with van der Waals surface area (Å²) in [6, 6.07) is 4.60. The van der Waals surface area contributed by atoms with Crippen LogP contribution in [0.15, 0.2) is 22.7 Å². The van der Waals surface area contributed by atoms with Crippen molar-refractivity contribution >= 4 is 22.7 Å². The fourth-order valence-electron chi connectivity index (χ4n) is 5.66. The fourth-order valence-corrected chi connectivity index (χ4v) is 5.66. The van der Waals surface area contributed by atoms with Crippen LogP contribution in [-0.2, 0) is 4.79 Å². The van der Waals surface area contributed by atoms with Crippen LogP contribution < -0.4 is 5.32 Å². The number of anilines is 1. The van der Waals surface area contributed by atoms with Gasteiger partial charge >= 0.3 is 0 Å². The number of aromatic nitrogens is 1. The number of hydrogen-bond donors (Lipinski definition) is 1. The van der Waals surface area contributed by atoms with Gasteiger partial charge in [0.05, 0.1) is 5.41 Å². The second kappa shape index (κ2) is 4.56. The third-order valence-corrected chi connectivity index (χ3v) is 6.20. The number of rotatable bonds is 2. The Balaban J connectivity index is 1.47. The number of carbonyl (C=O) groups excluding carboxylic acids is 1. The predicted octanol–water partition coefficient (Wildman–Crippen LogP) is 4.12. The third kappa shape index (κ3) is 1.95. The molecule has 0 aliphatic heterocycles. The van der Waals surface area contributed by atoms with Gasteiger partial charge < -0.3 is 9.84 Å². The number of benzene rings is 1. The molecule has 23 heavy (non-hydrogen) atoms. The van der Waals surface area contributed by atoms with E-state index in [2.05, 4.69) is 10.5 Å². The molecular formula is C18H19FN2O2. The van der Waals surface area contributed by atoms with E-state index in [9.17, 15) is 9.18 Å². The molecule has 5 heteroatoms. The average Bonchev–Trinajstić information content (AvgIpc) is 2.90. The Kier molecular flexibility index (Phi) is 2.68. The van der Waals surface area contributed by atoms with Gasteiger partial charge in [-0.25, -0.2) is 4.39 Å². The molecule has 1 heterocycles. The minimum absolute atomic E-state index is 0.00931. The highest BCUT2D eigenvalue weighted by molar-refractivity contribution is 6.01. The molecule has 120 valence electrons. The number of nitrogens with one attached hydrogen (secondary N) is 1. The summed E-state index contributed by atoms with van der Waals surface area (Å²) < 4.78 is 19.2. The lowest BCUT2D eigenvalue weighted by molar-refractivity contribution is -0.140. The Morgan fingerprint density at radius 1 is 1.17 bits per heavy atom. The van der Waals surface area contributed by atoms with Gasteiger partial charge in [0, 0.05) is 0 Å². The Bertz CT molecular complexity index is 762. The summed E-state index contributed by atoms with van der Waals surface area (Å²) in [5.41, 5.74) is 0.0940. The molecule has 0 radical (unpaired) electrons. The molecule has 0 saturated heterocycles. The van der Waals surface area contributed by atoms with Crippen molar-refractivity contribution in [2.45, 2.75) is 38.5 Å². The summed E-state index contributed by atoms with van der Waals surface area (Å²) in [7, 11) is 0. The van der Waals surface area contributed by atoms with E-state index in [4.69, 9.17) is 4.52 Å². The van der Waals surface area contributed by atoms with Crippen LogP contribution in [0, 0.1) is 29.0 Å². The van der Waals surface area contributed by atoms with Crippen molar-refractivity contribution in [3.8, 4) is 0 Å². The number of amides is 1. The highest BCUT2D eigenvalue weighted by Crippen LogP contribution is 2.60. The Morgan fingerprint density at radius 2 is 1.83 bits per heavy atom. The van der Waals surface area contributed by atoms with Crippen LogP contribution in [0.4, 0.5) is 10.2 Å². The van der Waals surface area contributed by atoms with Gasteiger partial charge in [-0.05, 0) is 68.4 Å². The van der Waals surface area contributed by atoms with E-state index < -0.39 is 5.82 Å². The first-order chi connectivity index (χ1) is 11.1. The van der Waals surface area contributed by atoms with Gasteiger partial charge in [-0.2, -0.15) is 0 Å². The second-order valence-corrected chi connectivity index (χ2v) is 7.80. The van der Waals surface area contributed by atoms with Crippen LogP contribution in [0.25, 0.3) is 11.0 Å². The first-order valence-electron chi connectivity index (χ1n) is 8.48. The summed E-state index contributed by atoms with van der Waals surface area (Å²) in [6.07, 6.45) is 6.78. The van der Waals surface area contributed by atoms with Crippen LogP contribution in [0.2, 0.25) is 0 Å². The lowest BCUT2D eigenvalue weighted by Gasteiger charge is -2.55. The zero-order valence-electron chi connectivity index (χ0n) is 12.8. The molecule has 1 aromatic heterocycles. The van der Waals surface area contributed by atoms with Crippen molar-refractivity contribution in [3.05, 3.63) is 24.0 Å². The van der Waals surface area contributed by atoms with Gasteiger partial charge in [0.25, 0.3) is 0 Å². The predicted molar refractivity (Wildman–Crippen MR) is 83.2 cm³/mol. The van der Waals surface area contributed by atoms with Gasteiger partial charge in [0.2, 0.25) is 5.91 Å². The van der Waals surface area contributed by atoms with E-state index in [0.29, 0.717) is 23.3 Å². The van der Waals surface area contributed by atoms with Crippen molar-refractivity contribution in [3.63, 3.8) is 0 Å². The Labute approximate surface area is 133 Å². The lowest BCUT2D eigenvalue weighted by Crippen LogP contribution is -2.51. The lowest BCUT2D eigenvalue weighted by atomic mass is 9.49. The van der Waals surface area contributed by atoms with Gasteiger partial charge in [-0.15, -0.1) is 0 Å². The molecule has 1 amide bonds. The third-order valence-electron chi connectivity index (χ3n) is 6.20.